The number of piperidine rings is 1. The van der Waals surface area contributed by atoms with Gasteiger partial charge in [0.2, 0.25) is 10.0 Å². The summed E-state index contributed by atoms with van der Waals surface area (Å²) in [6.07, 6.45) is 5.40. The minimum absolute atomic E-state index is 0.112. The molecule has 1 aromatic carbocycles. The van der Waals surface area contributed by atoms with E-state index in [1.165, 1.54) is 4.31 Å². The van der Waals surface area contributed by atoms with Gasteiger partial charge in [0.05, 0.1) is 11.5 Å². The van der Waals surface area contributed by atoms with Crippen molar-refractivity contribution < 1.29 is 17.9 Å². The molecule has 2 aliphatic heterocycles. The van der Waals surface area contributed by atoms with Crippen molar-refractivity contribution >= 4 is 16.0 Å². The highest BCUT2D eigenvalue weighted by Gasteiger charge is 2.49. The van der Waals surface area contributed by atoms with Crippen LogP contribution in [0, 0.1) is 12.8 Å². The second kappa shape index (κ2) is 6.09. The Bertz CT molecular complexity index is 723. The van der Waals surface area contributed by atoms with Gasteiger partial charge in [0.1, 0.15) is 6.04 Å². The predicted octanol–water partition coefficient (Wildman–Crippen LogP) is 2.27. The molecule has 0 saturated carbocycles. The van der Waals surface area contributed by atoms with Crippen LogP contribution in [0.3, 0.4) is 0 Å². The Morgan fingerprint density at radius 1 is 1.22 bits per heavy atom. The van der Waals surface area contributed by atoms with Crippen LogP contribution in [0.5, 0.6) is 0 Å². The smallest absolute Gasteiger partial charge is 0.325 e. The van der Waals surface area contributed by atoms with E-state index < -0.39 is 22.0 Å². The van der Waals surface area contributed by atoms with E-state index in [1.54, 1.807) is 31.2 Å². The summed E-state index contributed by atoms with van der Waals surface area (Å²) in [5.74, 6) is -0.568. The predicted molar refractivity (Wildman–Crippen MR) is 86.3 cm³/mol. The number of nitrogens with zero attached hydrogens (tertiary/aromatic N) is 1. The first-order valence-corrected chi connectivity index (χ1v) is 9.34. The van der Waals surface area contributed by atoms with Crippen LogP contribution in [0.1, 0.15) is 25.3 Å². The quantitative estimate of drug-likeness (QED) is 0.625. The average molecular weight is 335 g/mol. The van der Waals surface area contributed by atoms with Gasteiger partial charge in [-0.1, -0.05) is 29.8 Å². The van der Waals surface area contributed by atoms with Crippen LogP contribution in [0.4, 0.5) is 0 Å². The lowest BCUT2D eigenvalue weighted by atomic mass is 9.82. The minimum Gasteiger partial charge on any atom is -0.465 e. The first kappa shape index (κ1) is 16.2. The molecule has 1 fully saturated rings. The third-order valence-electron chi connectivity index (χ3n) is 4.51. The Hall–Kier alpha value is -1.66. The van der Waals surface area contributed by atoms with E-state index in [0.29, 0.717) is 0 Å². The van der Waals surface area contributed by atoms with Crippen LogP contribution in [0.2, 0.25) is 0 Å². The molecule has 2 heterocycles. The number of carbonyl (C=O) groups excluding carboxylic acids is 1. The molecule has 3 aliphatic rings. The molecule has 2 bridgehead atoms. The summed E-state index contributed by atoms with van der Waals surface area (Å²) in [6.45, 7) is 3.88. The molecule has 0 spiro atoms. The molecule has 23 heavy (non-hydrogen) atoms. The minimum atomic E-state index is -3.74. The number of carbonyl (C=O) groups is 1. The van der Waals surface area contributed by atoms with Crippen LogP contribution in [-0.2, 0) is 19.6 Å². The SMILES string of the molecule is CCOC(=O)C1C2C=CC(CC2)N1S(=O)(=O)c1ccc(C)cc1. The summed E-state index contributed by atoms with van der Waals surface area (Å²) < 4.78 is 32.7. The number of ether oxygens (including phenoxy) is 1. The Morgan fingerprint density at radius 3 is 2.48 bits per heavy atom. The molecular formula is C17H21NO4S. The van der Waals surface area contributed by atoms with Gasteiger partial charge in [0, 0.05) is 12.0 Å². The summed E-state index contributed by atoms with van der Waals surface area (Å²) in [4.78, 5) is 12.6. The number of aryl methyl sites for hydroxylation is 1. The number of esters is 1. The van der Waals surface area contributed by atoms with Crippen molar-refractivity contribution in [1.29, 1.82) is 0 Å². The van der Waals surface area contributed by atoms with Crippen LogP contribution >= 0.6 is 0 Å². The normalized spacial score (nSPS) is 27.1. The van der Waals surface area contributed by atoms with Gasteiger partial charge in [-0.05, 0) is 38.8 Å². The number of benzene rings is 1. The molecule has 4 rings (SSSR count). The van der Waals surface area contributed by atoms with Gasteiger partial charge in [-0.25, -0.2) is 8.42 Å². The highest BCUT2D eigenvalue weighted by Crippen LogP contribution is 2.39. The molecule has 0 N–H and O–H groups in total. The van der Waals surface area contributed by atoms with Crippen molar-refractivity contribution in [1.82, 2.24) is 4.31 Å². The fourth-order valence-corrected chi connectivity index (χ4v) is 5.16. The average Bonchev–Trinajstić information content (AvgIpc) is 2.55. The molecule has 1 saturated heterocycles. The van der Waals surface area contributed by atoms with E-state index in [0.717, 1.165) is 18.4 Å². The summed E-state index contributed by atoms with van der Waals surface area (Å²) in [6, 6.07) is 5.69. The molecule has 1 aromatic rings. The summed E-state index contributed by atoms with van der Waals surface area (Å²) in [5.41, 5.74) is 0.992. The van der Waals surface area contributed by atoms with Crippen molar-refractivity contribution in [3.8, 4) is 0 Å². The molecule has 5 nitrogen and oxygen atoms in total. The lowest BCUT2D eigenvalue weighted by Gasteiger charge is -2.45. The van der Waals surface area contributed by atoms with Crippen molar-refractivity contribution in [2.75, 3.05) is 6.61 Å². The molecule has 124 valence electrons. The van der Waals surface area contributed by atoms with E-state index in [9.17, 15) is 13.2 Å². The summed E-state index contributed by atoms with van der Waals surface area (Å²) in [7, 11) is -3.74. The second-order valence-electron chi connectivity index (χ2n) is 6.04. The van der Waals surface area contributed by atoms with Crippen LogP contribution < -0.4 is 0 Å². The van der Waals surface area contributed by atoms with Crippen LogP contribution in [0.15, 0.2) is 41.3 Å². The lowest BCUT2D eigenvalue weighted by molar-refractivity contribution is -0.151. The first-order valence-electron chi connectivity index (χ1n) is 7.90. The molecule has 0 radical (unpaired) electrons. The lowest BCUT2D eigenvalue weighted by Crippen LogP contribution is -2.58. The van der Waals surface area contributed by atoms with Gasteiger partial charge in [-0.3, -0.25) is 4.79 Å². The zero-order valence-corrected chi connectivity index (χ0v) is 14.1. The zero-order valence-electron chi connectivity index (χ0n) is 13.3. The number of hydrogen-bond donors (Lipinski definition) is 0. The third-order valence-corrected chi connectivity index (χ3v) is 6.43. The standard InChI is InChI=1S/C17H21NO4S/c1-3-22-17(19)16-13-6-8-14(9-7-13)18(16)23(20,21)15-10-4-12(2)5-11-15/h4-6,8,10-11,13-14,16H,3,7,9H2,1-2H3. The Kier molecular flexibility index (Phi) is 4.29. The van der Waals surface area contributed by atoms with Gasteiger partial charge in [0.25, 0.3) is 0 Å². The molecule has 0 amide bonds. The van der Waals surface area contributed by atoms with Crippen LogP contribution in [-0.4, -0.2) is 37.4 Å². The highest BCUT2D eigenvalue weighted by atomic mass is 32.2. The number of sulfonamides is 1. The monoisotopic (exact) mass is 335 g/mol. The highest BCUT2D eigenvalue weighted by molar-refractivity contribution is 7.89. The van der Waals surface area contributed by atoms with Gasteiger partial charge in [-0.2, -0.15) is 4.31 Å². The molecule has 3 unspecified atom stereocenters. The Morgan fingerprint density at radius 2 is 1.91 bits per heavy atom. The molecule has 3 atom stereocenters. The fraction of sp³-hybridized carbons (Fsp3) is 0.471. The fourth-order valence-electron chi connectivity index (χ4n) is 3.36. The van der Waals surface area contributed by atoms with E-state index in [1.807, 2.05) is 19.1 Å². The topological polar surface area (TPSA) is 63.7 Å². The molecule has 0 aromatic heterocycles. The summed E-state index contributed by atoms with van der Waals surface area (Å²) in [5, 5.41) is 0. The number of fused-ring (bicyclic) bond motifs is 2. The second-order valence-corrected chi connectivity index (χ2v) is 7.88. The third kappa shape index (κ3) is 2.81. The van der Waals surface area contributed by atoms with Gasteiger partial charge in [0.15, 0.2) is 0 Å². The Balaban J connectivity index is 2.02. The van der Waals surface area contributed by atoms with Crippen molar-refractivity contribution in [2.24, 2.45) is 5.92 Å². The largest absolute Gasteiger partial charge is 0.465 e. The molecule has 6 heteroatoms. The molecular weight excluding hydrogens is 314 g/mol. The molecule has 1 aliphatic carbocycles. The van der Waals surface area contributed by atoms with Gasteiger partial charge < -0.3 is 4.74 Å². The van der Waals surface area contributed by atoms with E-state index in [4.69, 9.17) is 4.74 Å². The van der Waals surface area contributed by atoms with Crippen molar-refractivity contribution in [3.05, 3.63) is 42.0 Å². The maximum atomic E-state index is 13.1. The van der Waals surface area contributed by atoms with E-state index >= 15 is 0 Å². The maximum absolute atomic E-state index is 13.1. The van der Waals surface area contributed by atoms with Crippen molar-refractivity contribution in [3.63, 3.8) is 0 Å². The van der Waals surface area contributed by atoms with Crippen molar-refractivity contribution in [2.45, 2.75) is 43.7 Å². The van der Waals surface area contributed by atoms with Gasteiger partial charge >= 0.3 is 5.97 Å². The van der Waals surface area contributed by atoms with Gasteiger partial charge in [-0.15, -0.1) is 0 Å². The first-order chi connectivity index (χ1) is 10.9. The maximum Gasteiger partial charge on any atom is 0.325 e. The summed E-state index contributed by atoms with van der Waals surface area (Å²) >= 11 is 0. The van der Waals surface area contributed by atoms with E-state index in [2.05, 4.69) is 0 Å². The van der Waals surface area contributed by atoms with E-state index in [-0.39, 0.29) is 23.5 Å². The zero-order chi connectivity index (χ0) is 16.6. The van der Waals surface area contributed by atoms with Crippen LogP contribution in [0.25, 0.3) is 0 Å². The Labute approximate surface area is 137 Å². The number of hydrogen-bond acceptors (Lipinski definition) is 4. The number of rotatable bonds is 4.